The van der Waals surface area contributed by atoms with E-state index in [2.05, 4.69) is 25.2 Å². The molecule has 3 heterocycles. The lowest BCUT2D eigenvalue weighted by Gasteiger charge is -2.23. The molecule has 0 amide bonds. The van der Waals surface area contributed by atoms with E-state index in [1.807, 2.05) is 19.4 Å². The van der Waals surface area contributed by atoms with Gasteiger partial charge in [0.15, 0.2) is 0 Å². The molecular weight excluding hydrogens is 244 g/mol. The van der Waals surface area contributed by atoms with E-state index in [1.165, 1.54) is 23.5 Å². The van der Waals surface area contributed by atoms with Crippen molar-refractivity contribution in [3.8, 4) is 0 Å². The van der Waals surface area contributed by atoms with Gasteiger partial charge in [-0.3, -0.25) is 0 Å². The van der Waals surface area contributed by atoms with Gasteiger partial charge in [0.05, 0.1) is 12.9 Å². The molecule has 96 valence electrons. The number of piperidine rings is 1. The zero-order valence-electron chi connectivity index (χ0n) is 10.6. The zero-order chi connectivity index (χ0) is 12.4. The van der Waals surface area contributed by atoms with Gasteiger partial charge in [-0.15, -0.1) is 11.3 Å². The molecule has 1 N–H and O–H groups in total. The standard InChI is InChI=1S/C13H18N4S/c1-10-8-18-13(16-10)7-17-9-15-6-12(17)11-2-4-14-5-3-11/h6,8-9,11,14H,2-5,7H2,1H3. The number of thiazole rings is 1. The van der Waals surface area contributed by atoms with E-state index in [0.717, 1.165) is 25.3 Å². The molecule has 1 aliphatic rings. The first-order valence-corrected chi connectivity index (χ1v) is 7.32. The Bertz CT molecular complexity index is 511. The predicted molar refractivity (Wildman–Crippen MR) is 73.0 cm³/mol. The van der Waals surface area contributed by atoms with E-state index in [0.29, 0.717) is 5.92 Å². The third kappa shape index (κ3) is 2.47. The van der Waals surface area contributed by atoms with Gasteiger partial charge in [0.2, 0.25) is 0 Å². The van der Waals surface area contributed by atoms with Gasteiger partial charge in [-0.25, -0.2) is 9.97 Å². The Balaban J connectivity index is 1.78. The van der Waals surface area contributed by atoms with Crippen LogP contribution in [0.25, 0.3) is 0 Å². The van der Waals surface area contributed by atoms with Crippen LogP contribution in [0.15, 0.2) is 17.9 Å². The van der Waals surface area contributed by atoms with Crippen molar-refractivity contribution in [1.82, 2.24) is 19.9 Å². The van der Waals surface area contributed by atoms with Crippen molar-refractivity contribution >= 4 is 11.3 Å². The van der Waals surface area contributed by atoms with Crippen LogP contribution in [0, 0.1) is 6.92 Å². The summed E-state index contributed by atoms with van der Waals surface area (Å²) < 4.78 is 2.26. The maximum Gasteiger partial charge on any atom is 0.113 e. The van der Waals surface area contributed by atoms with Crippen molar-refractivity contribution in [2.24, 2.45) is 0 Å². The van der Waals surface area contributed by atoms with Gasteiger partial charge in [0.1, 0.15) is 5.01 Å². The molecule has 4 nitrogen and oxygen atoms in total. The Morgan fingerprint density at radius 1 is 1.44 bits per heavy atom. The van der Waals surface area contributed by atoms with Crippen molar-refractivity contribution in [3.05, 3.63) is 34.3 Å². The molecule has 0 spiro atoms. The smallest absolute Gasteiger partial charge is 0.113 e. The van der Waals surface area contributed by atoms with Crippen molar-refractivity contribution in [3.63, 3.8) is 0 Å². The molecule has 0 aliphatic carbocycles. The molecular formula is C13H18N4S. The van der Waals surface area contributed by atoms with Crippen LogP contribution < -0.4 is 5.32 Å². The quantitative estimate of drug-likeness (QED) is 0.922. The topological polar surface area (TPSA) is 42.7 Å². The Kier molecular flexibility index (Phi) is 3.43. The molecule has 1 fully saturated rings. The average Bonchev–Trinajstić information content (AvgIpc) is 3.00. The summed E-state index contributed by atoms with van der Waals surface area (Å²) in [6.07, 6.45) is 6.38. The van der Waals surface area contributed by atoms with Gasteiger partial charge in [-0.1, -0.05) is 0 Å². The highest BCUT2D eigenvalue weighted by molar-refractivity contribution is 7.09. The highest BCUT2D eigenvalue weighted by Crippen LogP contribution is 2.25. The van der Waals surface area contributed by atoms with E-state index < -0.39 is 0 Å². The first-order valence-electron chi connectivity index (χ1n) is 6.44. The maximum atomic E-state index is 4.53. The Morgan fingerprint density at radius 2 is 2.28 bits per heavy atom. The molecule has 1 saturated heterocycles. The SMILES string of the molecule is Cc1csc(Cn2cncc2C2CCNCC2)n1. The number of nitrogens with one attached hydrogen (secondary N) is 1. The summed E-state index contributed by atoms with van der Waals surface area (Å²) in [5.74, 6) is 0.648. The van der Waals surface area contributed by atoms with E-state index in [1.54, 1.807) is 11.3 Å². The molecule has 0 saturated carbocycles. The fourth-order valence-corrected chi connectivity index (χ4v) is 3.31. The van der Waals surface area contributed by atoms with Crippen molar-refractivity contribution in [2.45, 2.75) is 32.2 Å². The summed E-state index contributed by atoms with van der Waals surface area (Å²) in [5, 5.41) is 6.68. The zero-order valence-corrected chi connectivity index (χ0v) is 11.4. The summed E-state index contributed by atoms with van der Waals surface area (Å²) in [7, 11) is 0. The summed E-state index contributed by atoms with van der Waals surface area (Å²) in [6.45, 7) is 5.14. The number of nitrogens with zero attached hydrogens (tertiary/aromatic N) is 3. The number of aryl methyl sites for hydroxylation is 1. The van der Waals surface area contributed by atoms with Crippen LogP contribution in [0.2, 0.25) is 0 Å². The summed E-state index contributed by atoms with van der Waals surface area (Å²) >= 11 is 1.73. The Labute approximate surface area is 111 Å². The van der Waals surface area contributed by atoms with Crippen LogP contribution in [-0.4, -0.2) is 27.6 Å². The van der Waals surface area contributed by atoms with Crippen LogP contribution in [0.3, 0.4) is 0 Å². The Hall–Kier alpha value is -1.20. The molecule has 0 bridgehead atoms. The lowest BCUT2D eigenvalue weighted by molar-refractivity contribution is 0.442. The van der Waals surface area contributed by atoms with Gasteiger partial charge >= 0.3 is 0 Å². The van der Waals surface area contributed by atoms with E-state index in [-0.39, 0.29) is 0 Å². The summed E-state index contributed by atoms with van der Waals surface area (Å²) in [6, 6.07) is 0. The maximum absolute atomic E-state index is 4.53. The highest BCUT2D eigenvalue weighted by atomic mass is 32.1. The van der Waals surface area contributed by atoms with Gasteiger partial charge in [-0.2, -0.15) is 0 Å². The molecule has 2 aromatic rings. The van der Waals surface area contributed by atoms with Crippen LogP contribution in [0.4, 0.5) is 0 Å². The predicted octanol–water partition coefficient (Wildman–Crippen LogP) is 2.16. The minimum absolute atomic E-state index is 0.648. The Morgan fingerprint density at radius 3 is 3.00 bits per heavy atom. The minimum Gasteiger partial charge on any atom is -0.327 e. The normalized spacial score (nSPS) is 17.2. The van der Waals surface area contributed by atoms with Gasteiger partial charge in [0.25, 0.3) is 0 Å². The summed E-state index contributed by atoms with van der Waals surface area (Å²) in [4.78, 5) is 8.85. The second-order valence-corrected chi connectivity index (χ2v) is 5.80. The number of rotatable bonds is 3. The van der Waals surface area contributed by atoms with Crippen LogP contribution >= 0.6 is 11.3 Å². The fourth-order valence-electron chi connectivity index (χ4n) is 2.54. The van der Waals surface area contributed by atoms with Crippen molar-refractivity contribution in [1.29, 1.82) is 0 Å². The van der Waals surface area contributed by atoms with Crippen LogP contribution in [0.5, 0.6) is 0 Å². The first kappa shape index (κ1) is 11.9. The monoisotopic (exact) mass is 262 g/mol. The third-order valence-electron chi connectivity index (χ3n) is 3.47. The van der Waals surface area contributed by atoms with E-state index >= 15 is 0 Å². The first-order chi connectivity index (χ1) is 8.83. The molecule has 0 radical (unpaired) electrons. The van der Waals surface area contributed by atoms with Gasteiger partial charge in [-0.05, 0) is 32.9 Å². The summed E-state index contributed by atoms with van der Waals surface area (Å²) in [5.41, 5.74) is 2.47. The van der Waals surface area contributed by atoms with E-state index in [4.69, 9.17) is 0 Å². The number of aromatic nitrogens is 3. The molecule has 5 heteroatoms. The van der Waals surface area contributed by atoms with Gasteiger partial charge in [0, 0.05) is 28.9 Å². The molecule has 0 unspecified atom stereocenters. The average molecular weight is 262 g/mol. The van der Waals surface area contributed by atoms with Crippen molar-refractivity contribution in [2.75, 3.05) is 13.1 Å². The second-order valence-electron chi connectivity index (χ2n) is 4.85. The van der Waals surface area contributed by atoms with Crippen LogP contribution in [-0.2, 0) is 6.54 Å². The number of imidazole rings is 1. The fraction of sp³-hybridized carbons (Fsp3) is 0.538. The van der Waals surface area contributed by atoms with Crippen LogP contribution in [0.1, 0.15) is 35.2 Å². The minimum atomic E-state index is 0.648. The lowest BCUT2D eigenvalue weighted by Crippen LogP contribution is -2.27. The third-order valence-corrected chi connectivity index (χ3v) is 4.43. The van der Waals surface area contributed by atoms with Crippen molar-refractivity contribution < 1.29 is 0 Å². The molecule has 0 atom stereocenters. The molecule has 0 aromatic carbocycles. The molecule has 3 rings (SSSR count). The van der Waals surface area contributed by atoms with E-state index in [9.17, 15) is 0 Å². The highest BCUT2D eigenvalue weighted by Gasteiger charge is 2.19. The molecule has 2 aromatic heterocycles. The lowest BCUT2D eigenvalue weighted by atomic mass is 9.95. The van der Waals surface area contributed by atoms with Gasteiger partial charge < -0.3 is 9.88 Å². The number of hydrogen-bond donors (Lipinski definition) is 1. The molecule has 18 heavy (non-hydrogen) atoms. The molecule has 1 aliphatic heterocycles. The second kappa shape index (κ2) is 5.20. The largest absolute Gasteiger partial charge is 0.327 e. The number of hydrogen-bond acceptors (Lipinski definition) is 4.